The minimum absolute atomic E-state index is 0.403. The number of benzene rings is 1. The number of rotatable bonds is 8. The summed E-state index contributed by atoms with van der Waals surface area (Å²) in [6.07, 6.45) is 9.51. The minimum Gasteiger partial charge on any atom is -0.496 e. The lowest BCUT2D eigenvalue weighted by atomic mass is 10.1. The van der Waals surface area contributed by atoms with Crippen molar-refractivity contribution in [3.8, 4) is 11.5 Å². The second kappa shape index (κ2) is 9.83. The van der Waals surface area contributed by atoms with Crippen molar-refractivity contribution >= 4 is 24.3 Å². The molecule has 32 heavy (non-hydrogen) atoms. The molecule has 0 spiro atoms. The van der Waals surface area contributed by atoms with Gasteiger partial charge in [0.2, 0.25) is 0 Å². The SMILES string of the molecule is COc1cc(OCc2ccccn2)ccc1C=Cc1cc(C=Cc2cc(C)c(C)o2)[nH]n1. The predicted molar refractivity (Wildman–Crippen MR) is 126 cm³/mol. The van der Waals surface area contributed by atoms with Crippen molar-refractivity contribution in [2.75, 3.05) is 7.11 Å². The van der Waals surface area contributed by atoms with Gasteiger partial charge in [-0.1, -0.05) is 6.07 Å². The smallest absolute Gasteiger partial charge is 0.130 e. The highest BCUT2D eigenvalue weighted by Crippen LogP contribution is 2.27. The van der Waals surface area contributed by atoms with E-state index in [0.29, 0.717) is 6.61 Å². The normalized spacial score (nSPS) is 11.5. The fraction of sp³-hybridized carbons (Fsp3) is 0.154. The third-order valence-electron chi connectivity index (χ3n) is 4.98. The maximum absolute atomic E-state index is 5.83. The van der Waals surface area contributed by atoms with Crippen molar-refractivity contribution in [2.24, 2.45) is 0 Å². The largest absolute Gasteiger partial charge is 0.496 e. The van der Waals surface area contributed by atoms with Gasteiger partial charge in [-0.25, -0.2) is 0 Å². The van der Waals surface area contributed by atoms with Gasteiger partial charge in [-0.2, -0.15) is 5.10 Å². The van der Waals surface area contributed by atoms with Gasteiger partial charge in [-0.05, 0) is 80.1 Å². The monoisotopic (exact) mass is 427 g/mol. The van der Waals surface area contributed by atoms with Crippen LogP contribution in [0.2, 0.25) is 0 Å². The number of furan rings is 1. The first-order chi connectivity index (χ1) is 15.6. The summed E-state index contributed by atoms with van der Waals surface area (Å²) in [5, 5.41) is 7.35. The molecule has 1 aromatic carbocycles. The summed E-state index contributed by atoms with van der Waals surface area (Å²) >= 11 is 0. The fourth-order valence-corrected chi connectivity index (χ4v) is 3.11. The van der Waals surface area contributed by atoms with Gasteiger partial charge in [0.1, 0.15) is 29.6 Å². The van der Waals surface area contributed by atoms with E-state index in [1.807, 2.05) is 86.7 Å². The molecule has 4 aromatic rings. The molecule has 6 heteroatoms. The van der Waals surface area contributed by atoms with E-state index < -0.39 is 0 Å². The van der Waals surface area contributed by atoms with Crippen LogP contribution in [0.3, 0.4) is 0 Å². The summed E-state index contributed by atoms with van der Waals surface area (Å²) in [5.41, 5.74) is 4.64. The molecule has 0 radical (unpaired) electrons. The van der Waals surface area contributed by atoms with E-state index in [-0.39, 0.29) is 0 Å². The van der Waals surface area contributed by atoms with E-state index in [9.17, 15) is 0 Å². The standard InChI is InChI=1S/C26H25N3O3/c1-18-14-25(32-19(18)2)12-10-22-15-21(28-29-22)9-7-20-8-11-24(16-26(20)30-3)31-17-23-6-4-5-13-27-23/h4-16H,17H2,1-3H3,(H,28,29). The summed E-state index contributed by atoms with van der Waals surface area (Å²) in [4.78, 5) is 4.27. The van der Waals surface area contributed by atoms with Gasteiger partial charge in [0.25, 0.3) is 0 Å². The highest BCUT2D eigenvalue weighted by Gasteiger charge is 2.05. The maximum Gasteiger partial charge on any atom is 0.130 e. The summed E-state index contributed by atoms with van der Waals surface area (Å²) in [6, 6.07) is 15.5. The number of aromatic nitrogens is 3. The Balaban J connectivity index is 1.41. The molecule has 3 heterocycles. The molecule has 0 aliphatic heterocycles. The Kier molecular flexibility index (Phi) is 6.51. The molecule has 0 unspecified atom stereocenters. The number of pyridine rings is 1. The van der Waals surface area contributed by atoms with Crippen LogP contribution >= 0.6 is 0 Å². The Bertz CT molecular complexity index is 1220. The van der Waals surface area contributed by atoms with Gasteiger partial charge >= 0.3 is 0 Å². The van der Waals surface area contributed by atoms with Gasteiger partial charge in [0.05, 0.1) is 24.2 Å². The quantitative estimate of drug-likeness (QED) is 0.376. The van der Waals surface area contributed by atoms with Gasteiger partial charge in [-0.15, -0.1) is 0 Å². The first-order valence-corrected chi connectivity index (χ1v) is 10.3. The maximum atomic E-state index is 5.83. The topological polar surface area (TPSA) is 73.2 Å². The molecule has 0 fully saturated rings. The molecule has 3 aromatic heterocycles. The third-order valence-corrected chi connectivity index (χ3v) is 4.98. The van der Waals surface area contributed by atoms with Crippen LogP contribution in [0.4, 0.5) is 0 Å². The van der Waals surface area contributed by atoms with Crippen LogP contribution in [-0.2, 0) is 6.61 Å². The molecule has 1 N–H and O–H groups in total. The lowest BCUT2D eigenvalue weighted by Gasteiger charge is -2.09. The van der Waals surface area contributed by atoms with Crippen LogP contribution in [0.1, 0.15) is 39.7 Å². The van der Waals surface area contributed by atoms with E-state index in [1.165, 1.54) is 0 Å². The van der Waals surface area contributed by atoms with Gasteiger partial charge in [0, 0.05) is 17.8 Å². The number of methoxy groups -OCH3 is 1. The Morgan fingerprint density at radius 1 is 1.00 bits per heavy atom. The molecular weight excluding hydrogens is 402 g/mol. The molecule has 0 amide bonds. The molecule has 0 atom stereocenters. The molecule has 0 aliphatic rings. The van der Waals surface area contributed by atoms with Gasteiger partial charge in [-0.3, -0.25) is 10.1 Å². The Hall–Kier alpha value is -4.06. The molecule has 162 valence electrons. The van der Waals surface area contributed by atoms with Crippen LogP contribution in [0, 0.1) is 13.8 Å². The zero-order valence-corrected chi connectivity index (χ0v) is 18.3. The average molecular weight is 428 g/mol. The lowest BCUT2D eigenvalue weighted by Crippen LogP contribution is -1.98. The Morgan fingerprint density at radius 2 is 1.91 bits per heavy atom. The van der Waals surface area contributed by atoms with Crippen LogP contribution < -0.4 is 9.47 Å². The number of hydrogen-bond donors (Lipinski definition) is 1. The average Bonchev–Trinajstić information content (AvgIpc) is 3.41. The number of nitrogens with zero attached hydrogens (tertiary/aromatic N) is 2. The van der Waals surface area contributed by atoms with Crippen molar-refractivity contribution in [3.63, 3.8) is 0 Å². The molecule has 0 bridgehead atoms. The molecular formula is C26H25N3O3. The first kappa shape index (κ1) is 21.2. The highest BCUT2D eigenvalue weighted by atomic mass is 16.5. The molecule has 4 rings (SSSR count). The lowest BCUT2D eigenvalue weighted by molar-refractivity contribution is 0.299. The number of H-pyrrole nitrogens is 1. The fourth-order valence-electron chi connectivity index (χ4n) is 3.11. The van der Waals surface area contributed by atoms with E-state index in [0.717, 1.165) is 51.2 Å². The summed E-state index contributed by atoms with van der Waals surface area (Å²) in [7, 11) is 1.64. The van der Waals surface area contributed by atoms with E-state index in [2.05, 4.69) is 15.2 Å². The summed E-state index contributed by atoms with van der Waals surface area (Å²) < 4.78 is 17.0. The zero-order chi connectivity index (χ0) is 22.3. The van der Waals surface area contributed by atoms with Crippen LogP contribution in [-0.4, -0.2) is 22.3 Å². The molecule has 0 aliphatic carbocycles. The van der Waals surface area contributed by atoms with Crippen molar-refractivity contribution in [1.82, 2.24) is 15.2 Å². The van der Waals surface area contributed by atoms with Gasteiger partial charge in [0.15, 0.2) is 0 Å². The second-order valence-corrected chi connectivity index (χ2v) is 7.32. The number of aryl methyl sites for hydroxylation is 2. The van der Waals surface area contributed by atoms with E-state index in [1.54, 1.807) is 13.3 Å². The Morgan fingerprint density at radius 3 is 2.66 bits per heavy atom. The minimum atomic E-state index is 0.403. The number of ether oxygens (including phenoxy) is 2. The second-order valence-electron chi connectivity index (χ2n) is 7.32. The summed E-state index contributed by atoms with van der Waals surface area (Å²) in [5.74, 6) is 3.20. The molecule has 0 saturated heterocycles. The highest BCUT2D eigenvalue weighted by molar-refractivity contribution is 5.73. The van der Waals surface area contributed by atoms with E-state index >= 15 is 0 Å². The molecule has 6 nitrogen and oxygen atoms in total. The number of hydrogen-bond acceptors (Lipinski definition) is 5. The number of aromatic amines is 1. The summed E-state index contributed by atoms with van der Waals surface area (Å²) in [6.45, 7) is 4.39. The molecule has 0 saturated carbocycles. The van der Waals surface area contributed by atoms with Crippen molar-refractivity contribution in [1.29, 1.82) is 0 Å². The third kappa shape index (κ3) is 5.35. The number of nitrogens with one attached hydrogen (secondary N) is 1. The van der Waals surface area contributed by atoms with Crippen molar-refractivity contribution < 1.29 is 13.9 Å². The van der Waals surface area contributed by atoms with Crippen LogP contribution in [0.5, 0.6) is 11.5 Å². The first-order valence-electron chi connectivity index (χ1n) is 10.3. The van der Waals surface area contributed by atoms with Crippen molar-refractivity contribution in [2.45, 2.75) is 20.5 Å². The predicted octanol–water partition coefficient (Wildman–Crippen LogP) is 5.94. The Labute approximate surface area is 187 Å². The van der Waals surface area contributed by atoms with Crippen molar-refractivity contribution in [3.05, 3.63) is 94.5 Å². The van der Waals surface area contributed by atoms with Crippen LogP contribution in [0.25, 0.3) is 24.3 Å². The van der Waals surface area contributed by atoms with E-state index in [4.69, 9.17) is 13.9 Å². The van der Waals surface area contributed by atoms with Crippen LogP contribution in [0.15, 0.2) is 59.1 Å². The van der Waals surface area contributed by atoms with Gasteiger partial charge < -0.3 is 13.9 Å². The zero-order valence-electron chi connectivity index (χ0n) is 18.3.